The molecule has 1 aromatic carbocycles. The number of hydrogen-bond acceptors (Lipinski definition) is 3. The molecule has 0 bridgehead atoms. The van der Waals surface area contributed by atoms with Crippen molar-refractivity contribution in [3.05, 3.63) is 28.2 Å². The number of ketones is 1. The fraction of sp³-hybridized carbons (Fsp3) is 0.562. The molecule has 0 heterocycles. The Morgan fingerprint density at radius 1 is 1.25 bits per heavy atom. The average Bonchev–Trinajstić information content (AvgIpc) is 2.45. The molecule has 0 aliphatic rings. The number of ether oxygens (including phenoxy) is 2. The quantitative estimate of drug-likeness (QED) is 0.711. The van der Waals surface area contributed by atoms with Gasteiger partial charge in [0.1, 0.15) is 11.4 Å². The molecule has 0 atom stereocenters. The highest BCUT2D eigenvalue weighted by atomic mass is 79.9. The molecular weight excluding hydrogens is 320 g/mol. The molecule has 0 radical (unpaired) electrons. The zero-order valence-corrected chi connectivity index (χ0v) is 14.2. The van der Waals surface area contributed by atoms with Crippen LogP contribution in [0.25, 0.3) is 0 Å². The highest BCUT2D eigenvalue weighted by molar-refractivity contribution is 9.10. The minimum atomic E-state index is -0.678. The maximum Gasteiger partial charge on any atom is 0.169 e. The predicted octanol–water partition coefficient (Wildman–Crippen LogP) is 4.16. The third-order valence-electron chi connectivity index (χ3n) is 3.66. The Balaban J connectivity index is 3.01. The summed E-state index contributed by atoms with van der Waals surface area (Å²) in [5.41, 5.74) is 0.208. The minimum Gasteiger partial charge on any atom is -0.496 e. The number of benzene rings is 1. The maximum atomic E-state index is 12.7. The van der Waals surface area contributed by atoms with E-state index in [1.165, 1.54) is 0 Å². The highest BCUT2D eigenvalue weighted by Gasteiger charge is 2.35. The molecule has 0 aliphatic carbocycles. The van der Waals surface area contributed by atoms with Crippen LogP contribution in [-0.4, -0.2) is 25.1 Å². The molecule has 0 saturated heterocycles. The summed E-state index contributed by atoms with van der Waals surface area (Å²) in [5.74, 6) is 0.847. The molecule has 20 heavy (non-hydrogen) atoms. The van der Waals surface area contributed by atoms with Crippen LogP contribution >= 0.6 is 15.9 Å². The van der Waals surface area contributed by atoms with E-state index in [4.69, 9.17) is 9.47 Å². The molecule has 0 saturated carbocycles. The number of carbonyl (C=O) groups excluding carboxylic acids is 1. The van der Waals surface area contributed by atoms with Gasteiger partial charge < -0.3 is 9.47 Å². The summed E-state index contributed by atoms with van der Waals surface area (Å²) in [4.78, 5) is 12.7. The Kier molecular flexibility index (Phi) is 6.69. The van der Waals surface area contributed by atoms with E-state index in [0.717, 1.165) is 15.8 Å². The van der Waals surface area contributed by atoms with Gasteiger partial charge in [-0.1, -0.05) is 29.8 Å². The van der Waals surface area contributed by atoms with E-state index in [0.29, 0.717) is 25.9 Å². The third kappa shape index (κ3) is 3.83. The van der Waals surface area contributed by atoms with Crippen LogP contribution in [0.1, 0.15) is 39.2 Å². The second-order valence-electron chi connectivity index (χ2n) is 4.69. The average molecular weight is 343 g/mol. The second kappa shape index (κ2) is 7.79. The molecule has 112 valence electrons. The number of rotatable bonds is 8. The molecule has 0 N–H and O–H groups in total. The molecule has 3 nitrogen and oxygen atoms in total. The number of hydrogen-bond donors (Lipinski definition) is 0. The zero-order chi connectivity index (χ0) is 15.2. The summed E-state index contributed by atoms with van der Waals surface area (Å²) in [6.45, 7) is 6.46. The van der Waals surface area contributed by atoms with Crippen molar-refractivity contribution in [3.63, 3.8) is 0 Å². The van der Waals surface area contributed by atoms with Crippen LogP contribution in [0.15, 0.2) is 22.7 Å². The second-order valence-corrected chi connectivity index (χ2v) is 5.61. The Bertz CT molecular complexity index is 453. The first-order valence-corrected chi connectivity index (χ1v) is 7.81. The van der Waals surface area contributed by atoms with Crippen molar-refractivity contribution in [2.45, 2.75) is 45.6 Å². The first-order chi connectivity index (χ1) is 9.52. The van der Waals surface area contributed by atoms with Crippen LogP contribution in [-0.2, 0) is 16.0 Å². The fourth-order valence-electron chi connectivity index (χ4n) is 2.42. The molecule has 0 fully saturated rings. The molecule has 0 spiro atoms. The van der Waals surface area contributed by atoms with Gasteiger partial charge in [-0.3, -0.25) is 4.79 Å². The smallest absolute Gasteiger partial charge is 0.169 e. The van der Waals surface area contributed by atoms with Crippen LogP contribution in [0.3, 0.4) is 0 Å². The molecule has 1 rings (SSSR count). The topological polar surface area (TPSA) is 35.5 Å². The van der Waals surface area contributed by atoms with Gasteiger partial charge in [-0.2, -0.15) is 0 Å². The standard InChI is InChI=1S/C16H23BrO3/c1-5-16(6-2,20-7-3)15(18)11-12-10-13(17)8-9-14(12)19-4/h8-10H,5-7,11H2,1-4H3. The normalized spacial score (nSPS) is 11.4. The van der Waals surface area contributed by atoms with E-state index >= 15 is 0 Å². The van der Waals surface area contributed by atoms with Gasteiger partial charge in [-0.25, -0.2) is 0 Å². The van der Waals surface area contributed by atoms with Gasteiger partial charge in [-0.15, -0.1) is 0 Å². The summed E-state index contributed by atoms with van der Waals surface area (Å²) in [5, 5.41) is 0. The van der Waals surface area contributed by atoms with Crippen LogP contribution in [0.5, 0.6) is 5.75 Å². The van der Waals surface area contributed by atoms with Gasteiger partial charge in [-0.05, 0) is 38.0 Å². The van der Waals surface area contributed by atoms with Gasteiger partial charge >= 0.3 is 0 Å². The molecule has 1 aromatic rings. The lowest BCUT2D eigenvalue weighted by molar-refractivity contribution is -0.144. The lowest BCUT2D eigenvalue weighted by atomic mass is 9.88. The number of methoxy groups -OCH3 is 1. The fourth-order valence-corrected chi connectivity index (χ4v) is 2.83. The maximum absolute atomic E-state index is 12.7. The van der Waals surface area contributed by atoms with E-state index in [1.807, 2.05) is 39.0 Å². The third-order valence-corrected chi connectivity index (χ3v) is 4.16. The number of Topliss-reactive ketones (excluding diaryl/α,β-unsaturated/α-hetero) is 1. The summed E-state index contributed by atoms with van der Waals surface area (Å²) >= 11 is 3.43. The van der Waals surface area contributed by atoms with Crippen molar-refractivity contribution in [3.8, 4) is 5.75 Å². The lowest BCUT2D eigenvalue weighted by Gasteiger charge is -2.30. The van der Waals surface area contributed by atoms with Crippen molar-refractivity contribution in [1.82, 2.24) is 0 Å². The Morgan fingerprint density at radius 2 is 1.90 bits per heavy atom. The monoisotopic (exact) mass is 342 g/mol. The van der Waals surface area contributed by atoms with Gasteiger partial charge in [0, 0.05) is 23.1 Å². The first kappa shape index (κ1) is 17.2. The van der Waals surface area contributed by atoms with E-state index in [2.05, 4.69) is 15.9 Å². The zero-order valence-electron chi connectivity index (χ0n) is 12.7. The molecule has 0 amide bonds. The van der Waals surface area contributed by atoms with Crippen LogP contribution < -0.4 is 4.74 Å². The first-order valence-electron chi connectivity index (χ1n) is 7.02. The summed E-state index contributed by atoms with van der Waals surface area (Å²) < 4.78 is 12.0. The highest BCUT2D eigenvalue weighted by Crippen LogP contribution is 2.28. The van der Waals surface area contributed by atoms with E-state index in [9.17, 15) is 4.79 Å². The van der Waals surface area contributed by atoms with Crippen molar-refractivity contribution >= 4 is 21.7 Å². The van der Waals surface area contributed by atoms with E-state index in [-0.39, 0.29) is 5.78 Å². The van der Waals surface area contributed by atoms with Crippen LogP contribution in [0.4, 0.5) is 0 Å². The van der Waals surface area contributed by atoms with Gasteiger partial charge in [0.15, 0.2) is 5.78 Å². The Hall–Kier alpha value is -0.870. The molecule has 0 aliphatic heterocycles. The Morgan fingerprint density at radius 3 is 2.40 bits per heavy atom. The predicted molar refractivity (Wildman–Crippen MR) is 84.3 cm³/mol. The van der Waals surface area contributed by atoms with Crippen molar-refractivity contribution in [1.29, 1.82) is 0 Å². The summed E-state index contributed by atoms with van der Waals surface area (Å²) in [7, 11) is 1.62. The molecular formula is C16H23BrO3. The lowest BCUT2D eigenvalue weighted by Crippen LogP contribution is -2.41. The van der Waals surface area contributed by atoms with Crippen LogP contribution in [0, 0.1) is 0 Å². The van der Waals surface area contributed by atoms with E-state index < -0.39 is 5.60 Å². The Labute approximate surface area is 129 Å². The van der Waals surface area contributed by atoms with E-state index in [1.54, 1.807) is 7.11 Å². The molecule has 0 aromatic heterocycles. The molecule has 0 unspecified atom stereocenters. The van der Waals surface area contributed by atoms with Gasteiger partial charge in [0.25, 0.3) is 0 Å². The number of carbonyl (C=O) groups is 1. The molecule has 4 heteroatoms. The van der Waals surface area contributed by atoms with Gasteiger partial charge in [0.2, 0.25) is 0 Å². The van der Waals surface area contributed by atoms with Crippen molar-refractivity contribution < 1.29 is 14.3 Å². The van der Waals surface area contributed by atoms with Gasteiger partial charge in [0.05, 0.1) is 7.11 Å². The van der Waals surface area contributed by atoms with Crippen molar-refractivity contribution in [2.75, 3.05) is 13.7 Å². The largest absolute Gasteiger partial charge is 0.496 e. The van der Waals surface area contributed by atoms with Crippen molar-refractivity contribution in [2.24, 2.45) is 0 Å². The van der Waals surface area contributed by atoms with Crippen LogP contribution in [0.2, 0.25) is 0 Å². The minimum absolute atomic E-state index is 0.112. The summed E-state index contributed by atoms with van der Waals surface area (Å²) in [6.07, 6.45) is 1.70. The number of halogens is 1. The SMILES string of the molecule is CCOC(CC)(CC)C(=O)Cc1cc(Br)ccc1OC. The summed E-state index contributed by atoms with van der Waals surface area (Å²) in [6, 6.07) is 5.70.